The van der Waals surface area contributed by atoms with Crippen LogP contribution in [-0.4, -0.2) is 45.7 Å². The molecule has 3 aromatic heterocycles. The molecule has 1 aromatic carbocycles. The molecule has 0 fully saturated rings. The van der Waals surface area contributed by atoms with Crippen molar-refractivity contribution >= 4 is 29.0 Å². The van der Waals surface area contributed by atoms with E-state index in [9.17, 15) is 4.79 Å². The van der Waals surface area contributed by atoms with E-state index in [0.717, 1.165) is 0 Å². The Morgan fingerprint density at radius 1 is 1.14 bits per heavy atom. The normalized spacial score (nSPS) is 10.8. The summed E-state index contributed by atoms with van der Waals surface area (Å²) in [5.41, 5.74) is 1.85. The number of carbonyl (C=O) groups excluding carboxylic acids is 1. The van der Waals surface area contributed by atoms with Crippen LogP contribution in [0, 0.1) is 0 Å². The Labute approximate surface area is 170 Å². The average Bonchev–Trinajstić information content (AvgIpc) is 3.42. The maximum absolute atomic E-state index is 12.4. The number of furan rings is 1. The number of nitrogens with one attached hydrogen (secondary N) is 1. The average molecular weight is 411 g/mol. The van der Waals surface area contributed by atoms with Crippen molar-refractivity contribution in [2.24, 2.45) is 0 Å². The summed E-state index contributed by atoms with van der Waals surface area (Å²) in [4.78, 5) is 12.4. The summed E-state index contributed by atoms with van der Waals surface area (Å²) in [7, 11) is 3.10. The topological polar surface area (TPSA) is 104 Å². The monoisotopic (exact) mass is 411 g/mol. The number of hydrogen-bond acceptors (Lipinski definition) is 8. The van der Waals surface area contributed by atoms with Gasteiger partial charge in [0.25, 0.3) is 0 Å². The first-order valence-electron chi connectivity index (χ1n) is 8.59. The van der Waals surface area contributed by atoms with Crippen molar-refractivity contribution in [3.8, 4) is 23.0 Å². The lowest BCUT2D eigenvalue weighted by atomic mass is 10.2. The van der Waals surface area contributed by atoms with Crippen molar-refractivity contribution in [2.45, 2.75) is 5.16 Å². The first kappa shape index (κ1) is 18.8. The van der Waals surface area contributed by atoms with Crippen LogP contribution < -0.4 is 14.8 Å². The van der Waals surface area contributed by atoms with E-state index in [0.29, 0.717) is 39.4 Å². The molecule has 1 N–H and O–H groups in total. The Bertz CT molecular complexity index is 1140. The third-order valence-electron chi connectivity index (χ3n) is 4.01. The number of fused-ring (bicyclic) bond motifs is 1. The van der Waals surface area contributed by atoms with E-state index < -0.39 is 0 Å². The van der Waals surface area contributed by atoms with Gasteiger partial charge in [-0.3, -0.25) is 4.79 Å². The second-order valence-electron chi connectivity index (χ2n) is 5.86. The first-order valence-corrected chi connectivity index (χ1v) is 9.57. The van der Waals surface area contributed by atoms with Crippen molar-refractivity contribution in [3.05, 3.63) is 48.7 Å². The van der Waals surface area contributed by atoms with Gasteiger partial charge in [-0.05, 0) is 36.4 Å². The van der Waals surface area contributed by atoms with Crippen LogP contribution >= 0.6 is 11.8 Å². The summed E-state index contributed by atoms with van der Waals surface area (Å²) < 4.78 is 17.4. The quantitative estimate of drug-likeness (QED) is 0.463. The van der Waals surface area contributed by atoms with Crippen LogP contribution in [0.25, 0.3) is 17.1 Å². The number of amides is 1. The van der Waals surface area contributed by atoms with Crippen LogP contribution in [0.2, 0.25) is 0 Å². The van der Waals surface area contributed by atoms with E-state index in [2.05, 4.69) is 20.6 Å². The highest BCUT2D eigenvalue weighted by Gasteiger charge is 2.13. The highest BCUT2D eigenvalue weighted by Crippen LogP contribution is 2.30. The van der Waals surface area contributed by atoms with E-state index in [1.54, 1.807) is 61.4 Å². The largest absolute Gasteiger partial charge is 0.493 e. The number of methoxy groups -OCH3 is 2. The molecule has 4 aromatic rings. The second kappa shape index (κ2) is 8.23. The minimum Gasteiger partial charge on any atom is -0.493 e. The molecule has 0 unspecified atom stereocenters. The Hall–Kier alpha value is -3.53. The van der Waals surface area contributed by atoms with Gasteiger partial charge in [0.05, 0.1) is 26.2 Å². The molecule has 1 amide bonds. The second-order valence-corrected chi connectivity index (χ2v) is 6.80. The van der Waals surface area contributed by atoms with Gasteiger partial charge in [0.1, 0.15) is 5.69 Å². The molecule has 0 saturated heterocycles. The van der Waals surface area contributed by atoms with E-state index in [1.807, 2.05) is 6.07 Å². The van der Waals surface area contributed by atoms with Gasteiger partial charge in [0, 0.05) is 11.8 Å². The summed E-state index contributed by atoms with van der Waals surface area (Å²) in [5, 5.41) is 16.0. The zero-order valence-corrected chi connectivity index (χ0v) is 16.5. The minimum absolute atomic E-state index is 0.141. The summed E-state index contributed by atoms with van der Waals surface area (Å²) in [6.45, 7) is 0. The number of hydrogen-bond donors (Lipinski definition) is 1. The summed E-state index contributed by atoms with van der Waals surface area (Å²) >= 11 is 1.24. The molecular formula is C19H17N5O4S. The third-order valence-corrected chi connectivity index (χ3v) is 4.93. The number of benzene rings is 1. The molecule has 10 heteroatoms. The molecule has 0 spiro atoms. The molecule has 0 saturated carbocycles. The van der Waals surface area contributed by atoms with Gasteiger partial charge >= 0.3 is 0 Å². The van der Waals surface area contributed by atoms with Gasteiger partial charge in [-0.15, -0.1) is 10.2 Å². The van der Waals surface area contributed by atoms with E-state index in [1.165, 1.54) is 11.8 Å². The van der Waals surface area contributed by atoms with E-state index in [4.69, 9.17) is 13.9 Å². The predicted octanol–water partition coefficient (Wildman–Crippen LogP) is 3.13. The van der Waals surface area contributed by atoms with Crippen LogP contribution in [0.1, 0.15) is 0 Å². The molecule has 4 rings (SSSR count). The number of rotatable bonds is 7. The van der Waals surface area contributed by atoms with Gasteiger partial charge in [-0.25, -0.2) is 0 Å². The van der Waals surface area contributed by atoms with Crippen molar-refractivity contribution < 1.29 is 18.7 Å². The zero-order chi connectivity index (χ0) is 20.2. The maximum Gasteiger partial charge on any atom is 0.234 e. The number of ether oxygens (including phenoxy) is 2. The molecule has 9 nitrogen and oxygen atoms in total. The molecular weight excluding hydrogens is 394 g/mol. The number of nitrogens with zero attached hydrogens (tertiary/aromatic N) is 4. The van der Waals surface area contributed by atoms with Crippen molar-refractivity contribution in [3.63, 3.8) is 0 Å². The fourth-order valence-corrected chi connectivity index (χ4v) is 3.34. The lowest BCUT2D eigenvalue weighted by Crippen LogP contribution is -2.14. The molecule has 0 aliphatic carbocycles. The molecule has 0 bridgehead atoms. The van der Waals surface area contributed by atoms with Crippen molar-refractivity contribution in [1.29, 1.82) is 0 Å². The Morgan fingerprint density at radius 2 is 2.00 bits per heavy atom. The van der Waals surface area contributed by atoms with Gasteiger partial charge in [0.2, 0.25) is 11.1 Å². The van der Waals surface area contributed by atoms with Gasteiger partial charge in [-0.1, -0.05) is 11.8 Å². The maximum atomic E-state index is 12.4. The number of carbonyl (C=O) groups is 1. The van der Waals surface area contributed by atoms with Crippen LogP contribution in [0.15, 0.2) is 58.3 Å². The molecule has 3 heterocycles. The Morgan fingerprint density at radius 3 is 2.76 bits per heavy atom. The van der Waals surface area contributed by atoms with Gasteiger partial charge in [0.15, 0.2) is 22.9 Å². The van der Waals surface area contributed by atoms with Crippen LogP contribution in [0.3, 0.4) is 0 Å². The smallest absolute Gasteiger partial charge is 0.234 e. The first-order chi connectivity index (χ1) is 14.2. The Balaban J connectivity index is 1.45. The third kappa shape index (κ3) is 4.02. The van der Waals surface area contributed by atoms with E-state index >= 15 is 0 Å². The van der Waals surface area contributed by atoms with E-state index in [-0.39, 0.29) is 11.7 Å². The number of anilines is 1. The fraction of sp³-hybridized carbons (Fsp3) is 0.158. The van der Waals surface area contributed by atoms with Crippen LogP contribution in [0.4, 0.5) is 5.69 Å². The summed E-state index contributed by atoms with van der Waals surface area (Å²) in [5.74, 6) is 1.72. The van der Waals surface area contributed by atoms with Gasteiger partial charge < -0.3 is 19.2 Å². The number of thioether (sulfide) groups is 1. The van der Waals surface area contributed by atoms with Crippen molar-refractivity contribution in [2.75, 3.05) is 25.3 Å². The fourth-order valence-electron chi connectivity index (χ4n) is 2.66. The molecule has 29 heavy (non-hydrogen) atoms. The van der Waals surface area contributed by atoms with Crippen LogP contribution in [0.5, 0.6) is 11.5 Å². The number of aromatic nitrogens is 4. The summed E-state index contributed by atoms with van der Waals surface area (Å²) in [6, 6.07) is 12.4. The van der Waals surface area contributed by atoms with Crippen LogP contribution in [-0.2, 0) is 4.79 Å². The van der Waals surface area contributed by atoms with Gasteiger partial charge in [-0.2, -0.15) is 9.61 Å². The standard InChI is InChI=1S/C19H17N5O4S/c1-26-15-7-5-12(10-16(15)27-2)20-18(25)11-29-19-22-21-17-8-6-13(23-24(17)19)14-4-3-9-28-14/h3-10H,11H2,1-2H3,(H,20,25). The van der Waals surface area contributed by atoms with Crippen molar-refractivity contribution in [1.82, 2.24) is 19.8 Å². The molecule has 0 aliphatic heterocycles. The highest BCUT2D eigenvalue weighted by atomic mass is 32.2. The SMILES string of the molecule is COc1ccc(NC(=O)CSc2nnc3ccc(-c4ccco4)nn23)cc1OC. The minimum atomic E-state index is -0.193. The molecule has 0 radical (unpaired) electrons. The molecule has 148 valence electrons. The lowest BCUT2D eigenvalue weighted by Gasteiger charge is -2.10. The Kier molecular flexibility index (Phi) is 5.34. The highest BCUT2D eigenvalue weighted by molar-refractivity contribution is 7.99. The predicted molar refractivity (Wildman–Crippen MR) is 107 cm³/mol. The summed E-state index contributed by atoms with van der Waals surface area (Å²) in [6.07, 6.45) is 1.58. The molecule has 0 atom stereocenters. The zero-order valence-electron chi connectivity index (χ0n) is 15.7. The lowest BCUT2D eigenvalue weighted by molar-refractivity contribution is -0.113. The molecule has 0 aliphatic rings.